The highest BCUT2D eigenvalue weighted by Gasteiger charge is 2.18. The van der Waals surface area contributed by atoms with Crippen LogP contribution in [0.25, 0.3) is 0 Å². The highest BCUT2D eigenvalue weighted by atomic mass is 17.2. The van der Waals surface area contributed by atoms with E-state index in [0.29, 0.717) is 23.9 Å². The molecule has 1 aromatic rings. The minimum Gasteiger partial charge on any atom is -0.493 e. The monoisotopic (exact) mass is 299 g/mol. The smallest absolute Gasteiger partial charge is 0.373 e. The Labute approximate surface area is 123 Å². The molecule has 1 aromatic carbocycles. The molecule has 0 saturated carbocycles. The van der Waals surface area contributed by atoms with E-state index < -0.39 is 5.97 Å². The van der Waals surface area contributed by atoms with E-state index in [1.165, 1.54) is 40.1 Å². The lowest BCUT2D eigenvalue weighted by Crippen LogP contribution is -2.08. The van der Waals surface area contributed by atoms with Crippen LogP contribution in [0.1, 0.15) is 17.3 Å². The molecule has 0 aliphatic rings. The molecule has 0 heterocycles. The van der Waals surface area contributed by atoms with Gasteiger partial charge in [-0.3, -0.25) is 4.89 Å². The van der Waals surface area contributed by atoms with E-state index in [2.05, 4.69) is 9.78 Å². The number of hydrogen-bond donors (Lipinski definition) is 0. The maximum Gasteiger partial charge on any atom is 0.373 e. The van der Waals surface area contributed by atoms with Gasteiger partial charge in [0.2, 0.25) is 5.75 Å². The van der Waals surface area contributed by atoms with Crippen molar-refractivity contribution in [3.05, 3.63) is 24.3 Å². The molecule has 0 fully saturated rings. The van der Waals surface area contributed by atoms with E-state index in [1.54, 1.807) is 0 Å². The maximum absolute atomic E-state index is 11.9. The molecule has 1 rings (SSSR count). The summed E-state index contributed by atoms with van der Waals surface area (Å²) in [5, 5.41) is 0. The highest BCUT2D eigenvalue weighted by molar-refractivity contribution is 5.90. The van der Waals surface area contributed by atoms with E-state index in [0.717, 1.165) is 0 Å². The number of hydrogen-bond acceptors (Lipinski definition) is 7. The molecule has 21 heavy (non-hydrogen) atoms. The molecular formula is C14H19O7. The molecule has 0 aliphatic carbocycles. The van der Waals surface area contributed by atoms with Gasteiger partial charge < -0.3 is 18.9 Å². The summed E-state index contributed by atoms with van der Waals surface area (Å²) in [6, 6.07) is 2.94. The lowest BCUT2D eigenvalue weighted by Gasteiger charge is -2.13. The first kappa shape index (κ1) is 17.1. The number of ether oxygens (including phenoxy) is 4. The van der Waals surface area contributed by atoms with Crippen LogP contribution < -0.4 is 14.2 Å². The fraction of sp³-hybridized carbons (Fsp3) is 0.429. The fourth-order valence-electron chi connectivity index (χ4n) is 1.52. The first-order chi connectivity index (χ1) is 10.2. The summed E-state index contributed by atoms with van der Waals surface area (Å²) < 4.78 is 20.4. The molecule has 0 aromatic heterocycles. The van der Waals surface area contributed by atoms with Crippen molar-refractivity contribution in [3.63, 3.8) is 0 Å². The Morgan fingerprint density at radius 3 is 2.19 bits per heavy atom. The molecule has 7 heteroatoms. The number of benzene rings is 1. The van der Waals surface area contributed by atoms with Crippen molar-refractivity contribution >= 4 is 5.97 Å². The second-order valence-corrected chi connectivity index (χ2v) is 3.71. The van der Waals surface area contributed by atoms with Crippen molar-refractivity contribution < 1.29 is 33.5 Å². The topological polar surface area (TPSA) is 72.5 Å². The largest absolute Gasteiger partial charge is 0.493 e. The lowest BCUT2D eigenvalue weighted by molar-refractivity contribution is -0.218. The van der Waals surface area contributed by atoms with Gasteiger partial charge in [-0.05, 0) is 19.1 Å². The molecule has 0 saturated heterocycles. The van der Waals surface area contributed by atoms with E-state index >= 15 is 0 Å². The SMILES string of the molecule is CCOC[CH]OOC(=O)c1cc(OC)c(OC)c(OC)c1. The van der Waals surface area contributed by atoms with E-state index in [1.807, 2.05) is 6.92 Å². The predicted octanol–water partition coefficient (Wildman–Crippen LogP) is 2.00. The number of rotatable bonds is 9. The zero-order chi connectivity index (χ0) is 15.7. The van der Waals surface area contributed by atoms with Crippen LogP contribution in [-0.4, -0.2) is 40.5 Å². The average Bonchev–Trinajstić information content (AvgIpc) is 2.52. The zero-order valence-electron chi connectivity index (χ0n) is 12.5. The standard InChI is InChI=1S/C14H19O7/c1-5-19-6-7-20-21-14(15)10-8-11(16-2)13(18-4)12(9-10)17-3/h7-9H,5-6H2,1-4H3. The van der Waals surface area contributed by atoms with Crippen molar-refractivity contribution in [3.8, 4) is 17.2 Å². The highest BCUT2D eigenvalue weighted by Crippen LogP contribution is 2.38. The van der Waals surface area contributed by atoms with Gasteiger partial charge in [0, 0.05) is 6.61 Å². The maximum atomic E-state index is 11.9. The molecule has 0 amide bonds. The number of methoxy groups -OCH3 is 3. The first-order valence-electron chi connectivity index (χ1n) is 6.25. The minimum absolute atomic E-state index is 0.203. The second-order valence-electron chi connectivity index (χ2n) is 3.71. The van der Waals surface area contributed by atoms with Crippen LogP contribution in [0.2, 0.25) is 0 Å². The average molecular weight is 299 g/mol. The molecule has 0 spiro atoms. The van der Waals surface area contributed by atoms with Gasteiger partial charge in [-0.2, -0.15) is 4.89 Å². The predicted molar refractivity (Wildman–Crippen MR) is 73.4 cm³/mol. The Kier molecular flexibility index (Phi) is 7.34. The molecule has 0 unspecified atom stereocenters. The molecule has 0 atom stereocenters. The first-order valence-corrected chi connectivity index (χ1v) is 6.25. The van der Waals surface area contributed by atoms with Crippen molar-refractivity contribution in [1.29, 1.82) is 0 Å². The van der Waals surface area contributed by atoms with Crippen molar-refractivity contribution in [1.82, 2.24) is 0 Å². The summed E-state index contributed by atoms with van der Waals surface area (Å²) in [6.45, 7) is 3.84. The van der Waals surface area contributed by atoms with Crippen LogP contribution in [0.5, 0.6) is 17.2 Å². The lowest BCUT2D eigenvalue weighted by atomic mass is 10.2. The van der Waals surface area contributed by atoms with E-state index in [-0.39, 0.29) is 12.2 Å². The third kappa shape index (κ3) is 4.80. The van der Waals surface area contributed by atoms with Gasteiger partial charge in [0.25, 0.3) is 0 Å². The molecular weight excluding hydrogens is 280 g/mol. The summed E-state index contributed by atoms with van der Waals surface area (Å²) in [6.07, 6.45) is 0. The minimum atomic E-state index is -0.693. The third-order valence-electron chi connectivity index (χ3n) is 2.48. The Morgan fingerprint density at radius 1 is 1.10 bits per heavy atom. The normalized spacial score (nSPS) is 10.1. The van der Waals surface area contributed by atoms with Gasteiger partial charge >= 0.3 is 5.97 Å². The summed E-state index contributed by atoms with van der Waals surface area (Å²) in [7, 11) is 4.39. The van der Waals surface area contributed by atoms with Gasteiger partial charge in [0.05, 0.1) is 33.5 Å². The Balaban J connectivity index is 2.75. The van der Waals surface area contributed by atoms with Crippen LogP contribution in [0.3, 0.4) is 0 Å². The van der Waals surface area contributed by atoms with Gasteiger partial charge in [-0.15, -0.1) is 0 Å². The molecule has 0 aliphatic heterocycles. The van der Waals surface area contributed by atoms with Gasteiger partial charge in [0.15, 0.2) is 18.1 Å². The molecule has 0 bridgehead atoms. The summed E-state index contributed by atoms with van der Waals surface area (Å²) in [5.74, 6) is 0.395. The van der Waals surface area contributed by atoms with Crippen LogP contribution >= 0.6 is 0 Å². The zero-order valence-corrected chi connectivity index (χ0v) is 12.5. The second kappa shape index (κ2) is 9.04. The van der Waals surface area contributed by atoms with Crippen molar-refractivity contribution in [2.75, 3.05) is 34.5 Å². The summed E-state index contributed by atoms with van der Waals surface area (Å²) in [5.41, 5.74) is 0.203. The van der Waals surface area contributed by atoms with Crippen LogP contribution in [-0.2, 0) is 14.5 Å². The van der Waals surface area contributed by atoms with Crippen molar-refractivity contribution in [2.24, 2.45) is 0 Å². The van der Waals surface area contributed by atoms with Gasteiger partial charge in [0.1, 0.15) is 0 Å². The molecule has 1 radical (unpaired) electrons. The van der Waals surface area contributed by atoms with E-state index in [4.69, 9.17) is 18.9 Å². The summed E-state index contributed by atoms with van der Waals surface area (Å²) in [4.78, 5) is 21.1. The number of carbonyl (C=O) groups is 1. The van der Waals surface area contributed by atoms with E-state index in [9.17, 15) is 4.79 Å². The number of carbonyl (C=O) groups excluding carboxylic acids is 1. The van der Waals surface area contributed by atoms with Gasteiger partial charge in [-0.1, -0.05) is 0 Å². The Bertz CT molecular complexity index is 434. The van der Waals surface area contributed by atoms with Crippen LogP contribution in [0.4, 0.5) is 0 Å². The molecule has 7 nitrogen and oxygen atoms in total. The molecule has 0 N–H and O–H groups in total. The summed E-state index contributed by atoms with van der Waals surface area (Å²) >= 11 is 0. The Morgan fingerprint density at radius 2 is 1.71 bits per heavy atom. The van der Waals surface area contributed by atoms with Crippen LogP contribution in [0, 0.1) is 6.61 Å². The fourth-order valence-corrected chi connectivity index (χ4v) is 1.52. The Hall–Kier alpha value is -1.99. The van der Waals surface area contributed by atoms with Crippen molar-refractivity contribution in [2.45, 2.75) is 6.92 Å². The third-order valence-corrected chi connectivity index (χ3v) is 2.48. The van der Waals surface area contributed by atoms with Gasteiger partial charge in [-0.25, -0.2) is 4.79 Å². The quantitative estimate of drug-likeness (QED) is 0.392. The van der Waals surface area contributed by atoms with Crippen LogP contribution in [0.15, 0.2) is 12.1 Å². The molecule has 117 valence electrons.